The summed E-state index contributed by atoms with van der Waals surface area (Å²) in [5, 5.41) is 0.461. The van der Waals surface area contributed by atoms with E-state index < -0.39 is 10.0 Å². The first-order valence-corrected chi connectivity index (χ1v) is 14.2. The highest BCUT2D eigenvalue weighted by Gasteiger charge is 2.24. The lowest BCUT2D eigenvalue weighted by molar-refractivity contribution is 0.0628. The van der Waals surface area contributed by atoms with E-state index in [1.165, 1.54) is 4.31 Å². The van der Waals surface area contributed by atoms with Gasteiger partial charge in [-0.1, -0.05) is 35.9 Å². The van der Waals surface area contributed by atoms with Crippen molar-refractivity contribution in [2.75, 3.05) is 43.5 Å². The molecule has 1 saturated heterocycles. The van der Waals surface area contributed by atoms with Gasteiger partial charge in [0, 0.05) is 43.3 Å². The third-order valence-electron chi connectivity index (χ3n) is 6.53. The van der Waals surface area contributed by atoms with Crippen LogP contribution in [0.1, 0.15) is 21.5 Å². The van der Waals surface area contributed by atoms with Crippen molar-refractivity contribution >= 4 is 33.2 Å². The first kappa shape index (κ1) is 25.4. The highest BCUT2D eigenvalue weighted by molar-refractivity contribution is 7.92. The number of halogens is 1. The molecule has 0 aliphatic carbocycles. The van der Waals surface area contributed by atoms with Crippen molar-refractivity contribution < 1.29 is 22.7 Å². The Kier molecular flexibility index (Phi) is 7.28. The highest BCUT2D eigenvalue weighted by Crippen LogP contribution is 2.33. The van der Waals surface area contributed by atoms with Crippen molar-refractivity contribution in [2.24, 2.45) is 0 Å². The smallest absolute Gasteiger partial charge is 0.253 e. The summed E-state index contributed by atoms with van der Waals surface area (Å²) in [6.07, 6.45) is 1.16. The summed E-state index contributed by atoms with van der Waals surface area (Å²) in [4.78, 5) is 17.3. The Morgan fingerprint density at radius 2 is 1.62 bits per heavy atom. The van der Waals surface area contributed by atoms with Gasteiger partial charge in [0.1, 0.15) is 0 Å². The van der Waals surface area contributed by atoms with Gasteiger partial charge in [-0.15, -0.1) is 0 Å². The third-order valence-corrected chi connectivity index (χ3v) is 7.90. The quantitative estimate of drug-likeness (QED) is 0.450. The molecular weight excluding hydrogens is 514 g/mol. The van der Waals surface area contributed by atoms with E-state index in [0.717, 1.165) is 48.5 Å². The van der Waals surface area contributed by atoms with Gasteiger partial charge in [-0.05, 0) is 53.6 Å². The minimum absolute atomic E-state index is 0.0240. The van der Waals surface area contributed by atoms with Crippen LogP contribution in [0.4, 0.5) is 5.69 Å². The zero-order chi connectivity index (χ0) is 26.0. The Morgan fingerprint density at radius 3 is 2.32 bits per heavy atom. The van der Waals surface area contributed by atoms with E-state index in [0.29, 0.717) is 29.4 Å². The number of carbonyl (C=O) groups excluding carboxylic acids is 1. The minimum Gasteiger partial charge on any atom is -0.454 e. The van der Waals surface area contributed by atoms with Gasteiger partial charge < -0.3 is 14.4 Å². The molecule has 5 rings (SSSR count). The summed E-state index contributed by atoms with van der Waals surface area (Å²) in [6, 6.07) is 19.8. The normalized spacial score (nSPS) is 15.6. The summed E-state index contributed by atoms with van der Waals surface area (Å²) >= 11 is 6.06. The van der Waals surface area contributed by atoms with E-state index >= 15 is 0 Å². The van der Waals surface area contributed by atoms with Crippen molar-refractivity contribution in [3.63, 3.8) is 0 Å². The zero-order valence-electron chi connectivity index (χ0n) is 20.5. The van der Waals surface area contributed by atoms with Crippen LogP contribution in [0.15, 0.2) is 66.7 Å². The van der Waals surface area contributed by atoms with Crippen LogP contribution in [-0.4, -0.2) is 63.4 Å². The second kappa shape index (κ2) is 10.6. The fourth-order valence-electron chi connectivity index (χ4n) is 4.54. The Labute approximate surface area is 222 Å². The van der Waals surface area contributed by atoms with Crippen molar-refractivity contribution in [1.82, 2.24) is 9.80 Å². The third kappa shape index (κ3) is 6.01. The molecule has 37 heavy (non-hydrogen) atoms. The fourth-order valence-corrected chi connectivity index (χ4v) is 5.60. The van der Waals surface area contributed by atoms with Crippen LogP contribution in [0.5, 0.6) is 11.5 Å². The van der Waals surface area contributed by atoms with Gasteiger partial charge in [-0.2, -0.15) is 0 Å². The number of fused-ring (bicyclic) bond motifs is 1. The lowest BCUT2D eigenvalue weighted by atomic mass is 10.1. The predicted molar refractivity (Wildman–Crippen MR) is 143 cm³/mol. The van der Waals surface area contributed by atoms with Crippen LogP contribution in [0, 0.1) is 0 Å². The highest BCUT2D eigenvalue weighted by atomic mass is 35.5. The average Bonchev–Trinajstić information content (AvgIpc) is 3.35. The molecule has 1 amide bonds. The molecular formula is C27H28ClN3O5S. The molecule has 0 atom stereocenters. The van der Waals surface area contributed by atoms with Crippen molar-refractivity contribution in [2.45, 2.75) is 13.1 Å². The van der Waals surface area contributed by atoms with Gasteiger partial charge in [0.25, 0.3) is 5.91 Å². The van der Waals surface area contributed by atoms with Crippen LogP contribution in [-0.2, 0) is 23.1 Å². The molecule has 10 heteroatoms. The molecule has 2 heterocycles. The van der Waals surface area contributed by atoms with E-state index in [-0.39, 0.29) is 19.2 Å². The van der Waals surface area contributed by atoms with Gasteiger partial charge in [-0.25, -0.2) is 8.42 Å². The molecule has 0 bridgehead atoms. The van der Waals surface area contributed by atoms with Crippen LogP contribution >= 0.6 is 11.6 Å². The summed E-state index contributed by atoms with van der Waals surface area (Å²) in [5.41, 5.74) is 3.01. The molecule has 2 aliphatic heterocycles. The lowest BCUT2D eigenvalue weighted by Crippen LogP contribution is -2.48. The maximum Gasteiger partial charge on any atom is 0.253 e. The van der Waals surface area contributed by atoms with E-state index in [2.05, 4.69) is 4.90 Å². The lowest BCUT2D eigenvalue weighted by Gasteiger charge is -2.34. The monoisotopic (exact) mass is 541 g/mol. The molecule has 0 spiro atoms. The molecule has 0 aromatic heterocycles. The SMILES string of the molecule is CS(=O)(=O)N(Cc1ccc(C(=O)N2CCN(Cc3ccc4c(c3)OCO4)CC2)cc1)c1cccc(Cl)c1. The van der Waals surface area contributed by atoms with Crippen molar-refractivity contribution in [3.05, 3.63) is 88.4 Å². The molecule has 0 saturated carbocycles. The van der Waals surface area contributed by atoms with Crippen LogP contribution in [0.3, 0.4) is 0 Å². The molecule has 1 fully saturated rings. The molecule has 0 unspecified atom stereocenters. The number of rotatable bonds is 7. The minimum atomic E-state index is -3.53. The van der Waals surface area contributed by atoms with E-state index in [1.54, 1.807) is 48.5 Å². The van der Waals surface area contributed by atoms with Crippen LogP contribution in [0.25, 0.3) is 0 Å². The Balaban J connectivity index is 1.18. The molecule has 8 nitrogen and oxygen atoms in total. The largest absolute Gasteiger partial charge is 0.454 e. The summed E-state index contributed by atoms with van der Waals surface area (Å²) in [6.45, 7) is 4.04. The summed E-state index contributed by atoms with van der Waals surface area (Å²) in [7, 11) is -3.53. The average molecular weight is 542 g/mol. The van der Waals surface area contributed by atoms with Gasteiger partial charge in [0.05, 0.1) is 18.5 Å². The van der Waals surface area contributed by atoms with E-state index in [9.17, 15) is 13.2 Å². The zero-order valence-corrected chi connectivity index (χ0v) is 22.0. The number of amides is 1. The number of hydrogen-bond acceptors (Lipinski definition) is 6. The predicted octanol–water partition coefficient (Wildman–Crippen LogP) is 3.99. The van der Waals surface area contributed by atoms with Gasteiger partial charge in [0.15, 0.2) is 11.5 Å². The van der Waals surface area contributed by atoms with Gasteiger partial charge in [0.2, 0.25) is 16.8 Å². The summed E-state index contributed by atoms with van der Waals surface area (Å²) in [5.74, 6) is 1.53. The molecule has 3 aromatic carbocycles. The van der Waals surface area contributed by atoms with E-state index in [4.69, 9.17) is 21.1 Å². The van der Waals surface area contributed by atoms with Crippen LogP contribution in [0.2, 0.25) is 5.02 Å². The number of piperazine rings is 1. The topological polar surface area (TPSA) is 79.4 Å². The van der Waals surface area contributed by atoms with Crippen molar-refractivity contribution in [3.8, 4) is 11.5 Å². The van der Waals surface area contributed by atoms with Gasteiger partial charge in [-0.3, -0.25) is 14.0 Å². The fraction of sp³-hybridized carbons (Fsp3) is 0.296. The second-order valence-electron chi connectivity index (χ2n) is 9.20. The van der Waals surface area contributed by atoms with Crippen molar-refractivity contribution in [1.29, 1.82) is 0 Å². The maximum absolute atomic E-state index is 13.1. The number of nitrogens with zero attached hydrogens (tertiary/aromatic N) is 3. The first-order chi connectivity index (χ1) is 17.8. The molecule has 0 N–H and O–H groups in total. The number of carbonyl (C=O) groups is 1. The molecule has 2 aliphatic rings. The van der Waals surface area contributed by atoms with E-state index in [1.807, 2.05) is 23.1 Å². The Bertz CT molecular complexity index is 1390. The van der Waals surface area contributed by atoms with Crippen LogP contribution < -0.4 is 13.8 Å². The molecule has 0 radical (unpaired) electrons. The number of benzene rings is 3. The maximum atomic E-state index is 13.1. The standard InChI is InChI=1S/C27H28ClN3O5S/c1-37(33,34)31(24-4-2-3-23(28)16-24)18-20-5-8-22(9-6-20)27(32)30-13-11-29(12-14-30)17-21-7-10-25-26(15-21)36-19-35-25/h2-10,15-16H,11-14,17-19H2,1H3. The van der Waals surface area contributed by atoms with Gasteiger partial charge >= 0.3 is 0 Å². The second-order valence-corrected chi connectivity index (χ2v) is 11.5. The Hall–Kier alpha value is -3.27. The first-order valence-electron chi connectivity index (χ1n) is 12.0. The number of sulfonamides is 1. The Morgan fingerprint density at radius 1 is 0.919 bits per heavy atom. The molecule has 3 aromatic rings. The number of anilines is 1. The summed E-state index contributed by atoms with van der Waals surface area (Å²) < 4.78 is 37.0. The molecule has 194 valence electrons. The number of hydrogen-bond donors (Lipinski definition) is 0. The number of ether oxygens (including phenoxy) is 2.